The van der Waals surface area contributed by atoms with Crippen molar-refractivity contribution < 1.29 is 9.53 Å². The Hall–Kier alpha value is -2.20. The number of aryl methyl sites for hydroxylation is 1. The monoisotopic (exact) mass is 312 g/mol. The summed E-state index contributed by atoms with van der Waals surface area (Å²) < 4.78 is 5.17. The van der Waals surface area contributed by atoms with Gasteiger partial charge in [0.05, 0.1) is 18.1 Å². The summed E-state index contributed by atoms with van der Waals surface area (Å²) in [7, 11) is 1.61. The van der Waals surface area contributed by atoms with Crippen LogP contribution in [0.4, 0.5) is 0 Å². The van der Waals surface area contributed by atoms with Crippen molar-refractivity contribution in [3.63, 3.8) is 0 Å². The first-order valence-corrected chi connectivity index (χ1v) is 7.71. The minimum Gasteiger partial charge on any atom is -0.384 e. The molecule has 1 amide bonds. The third-order valence-electron chi connectivity index (χ3n) is 3.93. The van der Waals surface area contributed by atoms with Crippen molar-refractivity contribution in [3.05, 3.63) is 65.5 Å². The number of ether oxygens (including phenoxy) is 1. The molecule has 4 nitrogen and oxygen atoms in total. The fraction of sp³-hybridized carbons (Fsp3) is 0.368. The SMILES string of the molecule is COCC(C)(C)C(=O)N[C@H](c1ccncc1)c1ccccc1C. The highest BCUT2D eigenvalue weighted by atomic mass is 16.5. The molecule has 0 spiro atoms. The molecule has 0 aliphatic rings. The molecule has 2 aromatic rings. The van der Waals surface area contributed by atoms with E-state index < -0.39 is 5.41 Å². The maximum absolute atomic E-state index is 12.7. The molecule has 2 rings (SSSR count). The van der Waals surface area contributed by atoms with Gasteiger partial charge in [-0.15, -0.1) is 0 Å². The van der Waals surface area contributed by atoms with Gasteiger partial charge in [-0.1, -0.05) is 24.3 Å². The van der Waals surface area contributed by atoms with Gasteiger partial charge in [0.15, 0.2) is 0 Å². The summed E-state index contributed by atoms with van der Waals surface area (Å²) in [5, 5.41) is 3.17. The lowest BCUT2D eigenvalue weighted by atomic mass is 9.90. The minimum absolute atomic E-state index is 0.0376. The average molecular weight is 312 g/mol. The van der Waals surface area contributed by atoms with E-state index in [0.29, 0.717) is 6.61 Å². The number of amides is 1. The maximum Gasteiger partial charge on any atom is 0.228 e. The van der Waals surface area contributed by atoms with Gasteiger partial charge in [0.25, 0.3) is 0 Å². The Morgan fingerprint density at radius 3 is 2.48 bits per heavy atom. The molecule has 1 N–H and O–H groups in total. The number of nitrogens with one attached hydrogen (secondary N) is 1. The standard InChI is InChI=1S/C19H24N2O2/c1-14-7-5-6-8-16(14)17(15-9-11-20-12-10-15)21-18(22)19(2,3)13-23-4/h5-12,17H,13H2,1-4H3,(H,21,22)/t17-/m1/s1. The normalized spacial score (nSPS) is 12.7. The first kappa shape index (κ1) is 17.2. The maximum atomic E-state index is 12.7. The minimum atomic E-state index is -0.595. The number of carbonyl (C=O) groups is 1. The van der Waals surface area contributed by atoms with Crippen LogP contribution in [0.15, 0.2) is 48.8 Å². The van der Waals surface area contributed by atoms with Crippen molar-refractivity contribution >= 4 is 5.91 Å². The van der Waals surface area contributed by atoms with Gasteiger partial charge in [-0.25, -0.2) is 0 Å². The van der Waals surface area contributed by atoms with Gasteiger partial charge in [-0.3, -0.25) is 9.78 Å². The van der Waals surface area contributed by atoms with Gasteiger partial charge in [-0.05, 0) is 49.6 Å². The van der Waals surface area contributed by atoms with E-state index in [1.165, 1.54) is 0 Å². The zero-order chi connectivity index (χ0) is 16.9. The van der Waals surface area contributed by atoms with Crippen LogP contribution in [0.25, 0.3) is 0 Å². The van der Waals surface area contributed by atoms with Crippen molar-refractivity contribution in [1.29, 1.82) is 0 Å². The van der Waals surface area contributed by atoms with Crippen LogP contribution in [0.2, 0.25) is 0 Å². The lowest BCUT2D eigenvalue weighted by Crippen LogP contribution is -2.42. The van der Waals surface area contributed by atoms with Crippen molar-refractivity contribution in [3.8, 4) is 0 Å². The van der Waals surface area contributed by atoms with Crippen molar-refractivity contribution in [2.45, 2.75) is 26.8 Å². The highest BCUT2D eigenvalue weighted by Gasteiger charge is 2.30. The van der Waals surface area contributed by atoms with Gasteiger partial charge in [0, 0.05) is 19.5 Å². The second-order valence-electron chi connectivity index (χ2n) is 6.36. The molecule has 0 radical (unpaired) electrons. The Kier molecular flexibility index (Phi) is 5.50. The number of nitrogens with zero attached hydrogens (tertiary/aromatic N) is 1. The van der Waals surface area contributed by atoms with Crippen LogP contribution in [0.1, 0.15) is 36.6 Å². The zero-order valence-corrected chi connectivity index (χ0v) is 14.2. The number of hydrogen-bond donors (Lipinski definition) is 1. The fourth-order valence-corrected chi connectivity index (χ4v) is 2.56. The second-order valence-corrected chi connectivity index (χ2v) is 6.36. The summed E-state index contributed by atoms with van der Waals surface area (Å²) in [6, 6.07) is 11.7. The summed E-state index contributed by atoms with van der Waals surface area (Å²) in [5.41, 5.74) is 2.64. The number of aromatic nitrogens is 1. The fourth-order valence-electron chi connectivity index (χ4n) is 2.56. The van der Waals surface area contributed by atoms with Gasteiger partial charge < -0.3 is 10.1 Å². The highest BCUT2D eigenvalue weighted by molar-refractivity contribution is 5.82. The van der Waals surface area contributed by atoms with Gasteiger partial charge in [0.2, 0.25) is 5.91 Å². The van der Waals surface area contributed by atoms with E-state index in [0.717, 1.165) is 16.7 Å². The first-order chi connectivity index (χ1) is 11.0. The van der Waals surface area contributed by atoms with Gasteiger partial charge >= 0.3 is 0 Å². The molecular formula is C19H24N2O2. The molecule has 0 bridgehead atoms. The van der Waals surface area contributed by atoms with E-state index >= 15 is 0 Å². The molecule has 122 valence electrons. The van der Waals surface area contributed by atoms with Crippen LogP contribution in [0.3, 0.4) is 0 Å². The lowest BCUT2D eigenvalue weighted by molar-refractivity contribution is -0.132. The topological polar surface area (TPSA) is 51.2 Å². The number of methoxy groups -OCH3 is 1. The Bertz CT molecular complexity index is 653. The molecule has 0 aliphatic carbocycles. The average Bonchev–Trinajstić information content (AvgIpc) is 2.54. The van der Waals surface area contributed by atoms with E-state index in [1.54, 1.807) is 19.5 Å². The highest BCUT2D eigenvalue weighted by Crippen LogP contribution is 2.26. The van der Waals surface area contributed by atoms with E-state index in [1.807, 2.05) is 44.2 Å². The van der Waals surface area contributed by atoms with E-state index in [2.05, 4.69) is 23.3 Å². The molecule has 0 unspecified atom stereocenters. The Morgan fingerprint density at radius 1 is 1.22 bits per heavy atom. The molecule has 1 heterocycles. The second kappa shape index (κ2) is 7.38. The van der Waals surface area contributed by atoms with Crippen molar-refractivity contribution in [1.82, 2.24) is 10.3 Å². The number of rotatable bonds is 6. The Labute approximate surface area is 137 Å². The number of hydrogen-bond acceptors (Lipinski definition) is 3. The molecule has 0 saturated heterocycles. The van der Waals surface area contributed by atoms with Gasteiger partial charge in [0.1, 0.15) is 0 Å². The van der Waals surface area contributed by atoms with Crippen molar-refractivity contribution in [2.24, 2.45) is 5.41 Å². The predicted octanol–water partition coefficient (Wildman–Crippen LogP) is 3.27. The molecule has 1 aromatic heterocycles. The van der Waals surface area contributed by atoms with E-state index in [4.69, 9.17) is 4.74 Å². The predicted molar refractivity (Wildman–Crippen MR) is 91.1 cm³/mol. The summed E-state index contributed by atoms with van der Waals surface area (Å²) in [4.78, 5) is 16.8. The molecule has 1 aromatic carbocycles. The molecule has 4 heteroatoms. The summed E-state index contributed by atoms with van der Waals surface area (Å²) in [5.74, 6) is -0.0376. The zero-order valence-electron chi connectivity index (χ0n) is 14.2. The van der Waals surface area contributed by atoms with Gasteiger partial charge in [-0.2, -0.15) is 0 Å². The van der Waals surface area contributed by atoms with Crippen LogP contribution in [0.5, 0.6) is 0 Å². The van der Waals surface area contributed by atoms with E-state index in [9.17, 15) is 4.79 Å². The number of benzene rings is 1. The molecule has 23 heavy (non-hydrogen) atoms. The largest absolute Gasteiger partial charge is 0.384 e. The summed E-state index contributed by atoms with van der Waals surface area (Å²) in [6.07, 6.45) is 3.49. The third kappa shape index (κ3) is 4.17. The summed E-state index contributed by atoms with van der Waals surface area (Å²) in [6.45, 7) is 6.19. The number of carbonyl (C=O) groups excluding carboxylic acids is 1. The Balaban J connectivity index is 2.36. The third-order valence-corrected chi connectivity index (χ3v) is 3.93. The van der Waals surface area contributed by atoms with Crippen LogP contribution < -0.4 is 5.32 Å². The quantitative estimate of drug-likeness (QED) is 0.890. The van der Waals surface area contributed by atoms with Crippen LogP contribution in [0, 0.1) is 12.3 Å². The molecular weight excluding hydrogens is 288 g/mol. The summed E-state index contributed by atoms with van der Waals surface area (Å²) >= 11 is 0. The van der Waals surface area contributed by atoms with Crippen LogP contribution in [-0.2, 0) is 9.53 Å². The molecule has 0 aliphatic heterocycles. The van der Waals surface area contributed by atoms with Crippen molar-refractivity contribution in [2.75, 3.05) is 13.7 Å². The molecule has 0 fully saturated rings. The molecule has 1 atom stereocenters. The number of pyridine rings is 1. The van der Waals surface area contributed by atoms with E-state index in [-0.39, 0.29) is 11.9 Å². The lowest BCUT2D eigenvalue weighted by Gasteiger charge is -2.28. The van der Waals surface area contributed by atoms with Crippen LogP contribution in [-0.4, -0.2) is 24.6 Å². The van der Waals surface area contributed by atoms with Crippen LogP contribution >= 0.6 is 0 Å². The first-order valence-electron chi connectivity index (χ1n) is 7.71. The Morgan fingerprint density at radius 2 is 1.87 bits per heavy atom. The molecule has 0 saturated carbocycles. The smallest absolute Gasteiger partial charge is 0.228 e.